The molecule has 0 bridgehead atoms. The number of hydrogen-bond acceptors (Lipinski definition) is 6. The Morgan fingerprint density at radius 1 is 0.833 bits per heavy atom. The second kappa shape index (κ2) is 14.7. The van der Waals surface area contributed by atoms with Crippen LogP contribution in [0.2, 0.25) is 0 Å². The lowest BCUT2D eigenvalue weighted by Gasteiger charge is -2.24. The number of halogens is 1. The Morgan fingerprint density at radius 2 is 1.25 bits per heavy atom. The van der Waals surface area contributed by atoms with Crippen LogP contribution in [0.1, 0.15) is 20.8 Å². The highest BCUT2D eigenvalue weighted by Crippen LogP contribution is 2.08. The quantitative estimate of drug-likeness (QED) is 0.345. The fourth-order valence-electron chi connectivity index (χ4n) is 1.45. The van der Waals surface area contributed by atoms with Gasteiger partial charge in [-0.2, -0.15) is 0 Å². The van der Waals surface area contributed by atoms with Crippen molar-refractivity contribution in [3.63, 3.8) is 0 Å². The molecule has 0 fully saturated rings. The van der Waals surface area contributed by atoms with E-state index in [-0.39, 0.29) is 6.09 Å². The van der Waals surface area contributed by atoms with Crippen molar-refractivity contribution in [3.8, 4) is 0 Å². The van der Waals surface area contributed by atoms with Crippen LogP contribution >= 0.6 is 11.6 Å². The molecule has 1 amide bonds. The zero-order chi connectivity index (χ0) is 18.3. The van der Waals surface area contributed by atoms with Crippen LogP contribution in [0.5, 0.6) is 0 Å². The van der Waals surface area contributed by atoms with Crippen molar-refractivity contribution in [1.82, 2.24) is 4.90 Å². The first-order valence-electron chi connectivity index (χ1n) is 8.18. The van der Waals surface area contributed by atoms with E-state index >= 15 is 0 Å². The molecule has 0 aromatic heterocycles. The lowest BCUT2D eigenvalue weighted by atomic mass is 10.2. The van der Waals surface area contributed by atoms with Crippen molar-refractivity contribution >= 4 is 17.7 Å². The molecule has 7 nitrogen and oxygen atoms in total. The Bertz CT molecular complexity index is 311. The number of amides is 1. The van der Waals surface area contributed by atoms with Crippen LogP contribution < -0.4 is 0 Å². The molecule has 0 aromatic rings. The van der Waals surface area contributed by atoms with Gasteiger partial charge in [-0.05, 0) is 20.8 Å². The standard InChI is InChI=1S/C16H32ClNO6/c1-16(2,3)24-15(19)18(4)6-8-21-10-12-23-14-13-22-11-9-20-7-5-17/h5-14H2,1-4H3. The molecule has 0 aromatic carbocycles. The van der Waals surface area contributed by atoms with E-state index in [9.17, 15) is 4.79 Å². The average molecular weight is 370 g/mol. The molecule has 0 N–H and O–H groups in total. The van der Waals surface area contributed by atoms with Gasteiger partial charge in [0, 0.05) is 19.5 Å². The second-order valence-corrected chi connectivity index (χ2v) is 6.42. The van der Waals surface area contributed by atoms with Crippen molar-refractivity contribution < 1.29 is 28.5 Å². The number of nitrogens with zero attached hydrogens (tertiary/aromatic N) is 1. The highest BCUT2D eigenvalue weighted by atomic mass is 35.5. The lowest BCUT2D eigenvalue weighted by molar-refractivity contribution is -0.00456. The van der Waals surface area contributed by atoms with Crippen molar-refractivity contribution in [2.75, 3.05) is 72.3 Å². The maximum atomic E-state index is 11.7. The number of carbonyl (C=O) groups is 1. The SMILES string of the molecule is CN(CCOCCOCCOCCOCCCl)C(=O)OC(C)(C)C. The van der Waals surface area contributed by atoms with E-state index in [1.165, 1.54) is 4.90 Å². The average Bonchev–Trinajstić information content (AvgIpc) is 2.50. The van der Waals surface area contributed by atoms with Gasteiger partial charge in [0.2, 0.25) is 0 Å². The summed E-state index contributed by atoms with van der Waals surface area (Å²) in [5.41, 5.74) is -0.488. The minimum atomic E-state index is -0.488. The molecule has 0 rings (SSSR count). The van der Waals surface area contributed by atoms with Gasteiger partial charge in [0.15, 0.2) is 0 Å². The smallest absolute Gasteiger partial charge is 0.410 e. The van der Waals surface area contributed by atoms with E-state index in [2.05, 4.69) is 0 Å². The van der Waals surface area contributed by atoms with Crippen LogP contribution in [0.25, 0.3) is 0 Å². The fourth-order valence-corrected chi connectivity index (χ4v) is 1.56. The molecule has 0 radical (unpaired) electrons. The number of hydrogen-bond donors (Lipinski definition) is 0. The van der Waals surface area contributed by atoms with Gasteiger partial charge in [-0.3, -0.25) is 0 Å². The zero-order valence-corrected chi connectivity index (χ0v) is 16.1. The highest BCUT2D eigenvalue weighted by molar-refractivity contribution is 6.17. The third-order valence-corrected chi connectivity index (χ3v) is 2.77. The minimum Gasteiger partial charge on any atom is -0.444 e. The molecule has 0 unspecified atom stereocenters. The van der Waals surface area contributed by atoms with Crippen LogP contribution in [0.3, 0.4) is 0 Å². The summed E-state index contributed by atoms with van der Waals surface area (Å²) in [5.74, 6) is 0.497. The molecule has 0 spiro atoms. The van der Waals surface area contributed by atoms with Gasteiger partial charge in [-0.25, -0.2) is 4.79 Å². The Morgan fingerprint density at radius 3 is 1.67 bits per heavy atom. The molecular weight excluding hydrogens is 338 g/mol. The van der Waals surface area contributed by atoms with E-state index in [0.717, 1.165) is 0 Å². The fraction of sp³-hybridized carbons (Fsp3) is 0.938. The summed E-state index contributed by atoms with van der Waals surface area (Å²) in [7, 11) is 1.68. The second-order valence-electron chi connectivity index (χ2n) is 6.04. The number of likely N-dealkylation sites (N-methyl/N-ethyl adjacent to an activating group) is 1. The molecule has 144 valence electrons. The Labute approximate surface area is 150 Å². The van der Waals surface area contributed by atoms with Crippen LogP contribution in [0.4, 0.5) is 4.79 Å². The first-order chi connectivity index (χ1) is 11.4. The summed E-state index contributed by atoms with van der Waals surface area (Å²) in [4.78, 5) is 13.2. The summed E-state index contributed by atoms with van der Waals surface area (Å²) < 4.78 is 26.5. The number of carbonyl (C=O) groups excluding carboxylic acids is 1. The van der Waals surface area contributed by atoms with Gasteiger partial charge in [0.1, 0.15) is 5.60 Å². The summed E-state index contributed by atoms with van der Waals surface area (Å²) >= 11 is 5.47. The predicted molar refractivity (Wildman–Crippen MR) is 92.9 cm³/mol. The molecule has 0 saturated carbocycles. The lowest BCUT2D eigenvalue weighted by Crippen LogP contribution is -2.36. The summed E-state index contributed by atoms with van der Waals surface area (Å²) in [5, 5.41) is 0. The van der Waals surface area contributed by atoms with Gasteiger partial charge in [-0.15, -0.1) is 11.6 Å². The normalized spacial score (nSPS) is 11.5. The van der Waals surface area contributed by atoms with Gasteiger partial charge >= 0.3 is 6.09 Å². The molecule has 0 aliphatic rings. The van der Waals surface area contributed by atoms with E-state index in [0.29, 0.717) is 65.3 Å². The molecule has 8 heteroatoms. The zero-order valence-electron chi connectivity index (χ0n) is 15.3. The molecule has 0 aliphatic carbocycles. The van der Waals surface area contributed by atoms with Gasteiger partial charge in [-0.1, -0.05) is 0 Å². The predicted octanol–water partition coefficient (Wildman–Crippen LogP) is 2.16. The van der Waals surface area contributed by atoms with Gasteiger partial charge < -0.3 is 28.6 Å². The summed E-state index contributed by atoms with van der Waals surface area (Å²) in [6, 6.07) is 0. The van der Waals surface area contributed by atoms with Crippen molar-refractivity contribution in [2.24, 2.45) is 0 Å². The first kappa shape index (κ1) is 23.4. The van der Waals surface area contributed by atoms with E-state index in [1.807, 2.05) is 20.8 Å². The molecule has 24 heavy (non-hydrogen) atoms. The third kappa shape index (κ3) is 16.3. The maximum absolute atomic E-state index is 11.7. The van der Waals surface area contributed by atoms with Gasteiger partial charge in [0.05, 0.1) is 52.9 Å². The van der Waals surface area contributed by atoms with E-state index in [1.54, 1.807) is 7.05 Å². The molecular formula is C16H32ClNO6. The van der Waals surface area contributed by atoms with Crippen molar-refractivity contribution in [3.05, 3.63) is 0 Å². The Kier molecular flexibility index (Phi) is 14.4. The van der Waals surface area contributed by atoms with E-state index in [4.69, 9.17) is 35.3 Å². The summed E-state index contributed by atoms with van der Waals surface area (Å²) in [6.07, 6.45) is -0.352. The van der Waals surface area contributed by atoms with Crippen LogP contribution in [0.15, 0.2) is 0 Å². The summed E-state index contributed by atoms with van der Waals surface area (Å²) in [6.45, 7) is 10.0. The Balaban J connectivity index is 3.32. The molecule has 0 aliphatic heterocycles. The minimum absolute atomic E-state index is 0.352. The molecule has 0 saturated heterocycles. The van der Waals surface area contributed by atoms with Crippen LogP contribution in [-0.4, -0.2) is 88.9 Å². The van der Waals surface area contributed by atoms with Crippen molar-refractivity contribution in [1.29, 1.82) is 0 Å². The number of alkyl halides is 1. The Hall–Kier alpha value is -0.600. The van der Waals surface area contributed by atoms with Crippen molar-refractivity contribution in [2.45, 2.75) is 26.4 Å². The number of rotatable bonds is 14. The van der Waals surface area contributed by atoms with Crippen LogP contribution in [0, 0.1) is 0 Å². The maximum Gasteiger partial charge on any atom is 0.410 e. The number of ether oxygens (including phenoxy) is 5. The monoisotopic (exact) mass is 369 g/mol. The van der Waals surface area contributed by atoms with Crippen LogP contribution in [-0.2, 0) is 23.7 Å². The largest absolute Gasteiger partial charge is 0.444 e. The first-order valence-corrected chi connectivity index (χ1v) is 8.71. The molecule has 0 atom stereocenters. The third-order valence-electron chi connectivity index (χ3n) is 2.61. The van der Waals surface area contributed by atoms with E-state index < -0.39 is 5.60 Å². The van der Waals surface area contributed by atoms with Gasteiger partial charge in [0.25, 0.3) is 0 Å². The molecule has 0 heterocycles. The highest BCUT2D eigenvalue weighted by Gasteiger charge is 2.19. The topological polar surface area (TPSA) is 66.5 Å².